The number of carbonyl (C=O) groups excluding carboxylic acids is 1. The molecule has 0 bridgehead atoms. The van der Waals surface area contributed by atoms with Crippen LogP contribution in [0.2, 0.25) is 5.02 Å². The molecule has 0 radical (unpaired) electrons. The number of halogens is 1. The molecule has 5 nitrogen and oxygen atoms in total. The molecule has 2 aromatic carbocycles. The van der Waals surface area contributed by atoms with Crippen LogP contribution in [0, 0.1) is 5.92 Å². The normalized spacial score (nSPS) is 20.4. The highest BCUT2D eigenvalue weighted by molar-refractivity contribution is 6.30. The minimum absolute atomic E-state index is 0.0210. The van der Waals surface area contributed by atoms with Gasteiger partial charge in [-0.05, 0) is 61.6 Å². The second-order valence-electron chi connectivity index (χ2n) is 10.4. The predicted molar refractivity (Wildman–Crippen MR) is 136 cm³/mol. The second kappa shape index (κ2) is 10.6. The van der Waals surface area contributed by atoms with Gasteiger partial charge >= 0.3 is 6.09 Å². The van der Waals surface area contributed by atoms with Crippen LogP contribution in [0.3, 0.4) is 0 Å². The van der Waals surface area contributed by atoms with Crippen LogP contribution in [0.1, 0.15) is 51.7 Å². The Labute approximate surface area is 209 Å². The molecule has 0 saturated carbocycles. The first-order valence-electron chi connectivity index (χ1n) is 12.5. The summed E-state index contributed by atoms with van der Waals surface area (Å²) < 4.78 is 12.0. The Morgan fingerprint density at radius 2 is 1.62 bits per heavy atom. The molecule has 2 saturated heterocycles. The Morgan fingerprint density at radius 1 is 1.00 bits per heavy atom. The minimum Gasteiger partial charge on any atom is -0.493 e. The van der Waals surface area contributed by atoms with Crippen LogP contribution in [-0.2, 0) is 17.7 Å². The lowest BCUT2D eigenvalue weighted by molar-refractivity contribution is -0.0278. The number of rotatable bonds is 8. The molecule has 1 amide bonds. The highest BCUT2D eigenvalue weighted by Gasteiger charge is 2.54. The van der Waals surface area contributed by atoms with Gasteiger partial charge in [0, 0.05) is 43.5 Å². The van der Waals surface area contributed by atoms with E-state index in [9.17, 15) is 4.79 Å². The molecule has 4 rings (SSSR count). The summed E-state index contributed by atoms with van der Waals surface area (Å²) >= 11 is 6.12. The number of carbonyl (C=O) groups is 1. The molecule has 2 heterocycles. The third kappa shape index (κ3) is 5.69. The smallest absolute Gasteiger partial charge is 0.411 e. The summed E-state index contributed by atoms with van der Waals surface area (Å²) in [6.07, 6.45) is 2.25. The van der Waals surface area contributed by atoms with Gasteiger partial charge in [-0.2, -0.15) is 0 Å². The summed E-state index contributed by atoms with van der Waals surface area (Å²) in [6, 6.07) is 16.5. The van der Waals surface area contributed by atoms with Crippen molar-refractivity contribution in [3.63, 3.8) is 0 Å². The predicted octanol–water partition coefficient (Wildman–Crippen LogP) is 6.18. The van der Waals surface area contributed by atoms with Gasteiger partial charge in [-0.1, -0.05) is 49.7 Å². The van der Waals surface area contributed by atoms with Gasteiger partial charge in [0.2, 0.25) is 0 Å². The Bertz CT molecular complexity index is 951. The minimum atomic E-state index is -0.456. The van der Waals surface area contributed by atoms with Gasteiger partial charge in [0.1, 0.15) is 11.4 Å². The lowest BCUT2D eigenvalue weighted by atomic mass is 9.80. The van der Waals surface area contributed by atoms with Gasteiger partial charge in [0.25, 0.3) is 0 Å². The maximum atomic E-state index is 13.2. The molecule has 2 aliphatic rings. The van der Waals surface area contributed by atoms with Gasteiger partial charge in [-0.3, -0.25) is 4.90 Å². The molecule has 34 heavy (non-hydrogen) atoms. The number of nitrogens with zero attached hydrogens (tertiary/aromatic N) is 2. The van der Waals surface area contributed by atoms with Crippen LogP contribution in [0.4, 0.5) is 4.79 Å². The molecule has 184 valence electrons. The van der Waals surface area contributed by atoms with E-state index < -0.39 is 5.60 Å². The van der Waals surface area contributed by atoms with Crippen molar-refractivity contribution in [1.29, 1.82) is 0 Å². The van der Waals surface area contributed by atoms with Crippen molar-refractivity contribution in [3.05, 3.63) is 64.7 Å². The van der Waals surface area contributed by atoms with Gasteiger partial charge in [0.05, 0.1) is 12.6 Å². The van der Waals surface area contributed by atoms with Crippen LogP contribution in [0.5, 0.6) is 5.75 Å². The zero-order valence-electron chi connectivity index (χ0n) is 20.8. The SMILES string of the molecule is CC(C)COc1ccc(CN2C(=O)OC3(CCN(C(C)C)CC3)C2Cc2ccc(Cl)cc2)cc1. The van der Waals surface area contributed by atoms with Crippen molar-refractivity contribution >= 4 is 17.7 Å². The number of piperidine rings is 1. The maximum absolute atomic E-state index is 13.2. The average Bonchev–Trinajstić information content (AvgIpc) is 3.05. The third-order valence-corrected chi connectivity index (χ3v) is 7.34. The first-order chi connectivity index (χ1) is 16.3. The number of ether oxygens (including phenoxy) is 2. The fourth-order valence-corrected chi connectivity index (χ4v) is 5.16. The number of amides is 1. The lowest BCUT2D eigenvalue weighted by Gasteiger charge is -2.43. The molecule has 2 aliphatic heterocycles. The van der Waals surface area contributed by atoms with Crippen molar-refractivity contribution in [2.75, 3.05) is 19.7 Å². The monoisotopic (exact) mass is 484 g/mol. The van der Waals surface area contributed by atoms with Crippen LogP contribution < -0.4 is 4.74 Å². The van der Waals surface area contributed by atoms with E-state index in [1.807, 2.05) is 29.2 Å². The van der Waals surface area contributed by atoms with Crippen molar-refractivity contribution < 1.29 is 14.3 Å². The fourth-order valence-electron chi connectivity index (χ4n) is 5.03. The zero-order valence-corrected chi connectivity index (χ0v) is 21.6. The third-order valence-electron chi connectivity index (χ3n) is 7.09. The van der Waals surface area contributed by atoms with E-state index >= 15 is 0 Å². The Hall–Kier alpha value is -2.24. The van der Waals surface area contributed by atoms with Crippen molar-refractivity contribution in [2.45, 2.75) is 71.2 Å². The molecule has 0 aliphatic carbocycles. The topological polar surface area (TPSA) is 42.0 Å². The Kier molecular flexibility index (Phi) is 7.73. The quantitative estimate of drug-likeness (QED) is 0.448. The molecule has 1 atom stereocenters. The number of hydrogen-bond acceptors (Lipinski definition) is 4. The highest BCUT2D eigenvalue weighted by atomic mass is 35.5. The molecule has 6 heteroatoms. The molecular weight excluding hydrogens is 448 g/mol. The van der Waals surface area contributed by atoms with E-state index in [1.165, 1.54) is 5.56 Å². The molecule has 2 fully saturated rings. The second-order valence-corrected chi connectivity index (χ2v) is 10.8. The van der Waals surface area contributed by atoms with E-state index in [-0.39, 0.29) is 12.1 Å². The lowest BCUT2D eigenvalue weighted by Crippen LogP contribution is -2.54. The number of benzene rings is 2. The van der Waals surface area contributed by atoms with E-state index in [1.54, 1.807) is 0 Å². The van der Waals surface area contributed by atoms with E-state index in [4.69, 9.17) is 21.1 Å². The molecule has 2 aromatic rings. The van der Waals surface area contributed by atoms with Gasteiger partial charge in [-0.25, -0.2) is 4.79 Å². The molecule has 0 aromatic heterocycles. The molecule has 0 N–H and O–H groups in total. The Balaban J connectivity index is 1.54. The first kappa shape index (κ1) is 24.9. The van der Waals surface area contributed by atoms with Crippen molar-refractivity contribution in [2.24, 2.45) is 5.92 Å². The summed E-state index contributed by atoms with van der Waals surface area (Å²) in [5.41, 5.74) is 1.79. The van der Waals surface area contributed by atoms with Crippen molar-refractivity contribution in [1.82, 2.24) is 9.80 Å². The average molecular weight is 485 g/mol. The van der Waals surface area contributed by atoms with Gasteiger partial charge in [-0.15, -0.1) is 0 Å². The van der Waals surface area contributed by atoms with E-state index in [2.05, 4.69) is 56.9 Å². The van der Waals surface area contributed by atoms with Gasteiger partial charge in [0.15, 0.2) is 0 Å². The Morgan fingerprint density at radius 3 is 2.21 bits per heavy atom. The summed E-state index contributed by atoms with van der Waals surface area (Å²) in [7, 11) is 0. The standard InChI is InChI=1S/C28H37ClN2O3/c1-20(2)19-33-25-11-7-23(8-12-25)18-31-26(17-22-5-9-24(29)10-6-22)28(34-27(31)32)13-15-30(16-14-28)21(3)4/h5-12,20-21,26H,13-19H2,1-4H3. The largest absolute Gasteiger partial charge is 0.493 e. The van der Waals surface area contributed by atoms with E-state index in [0.717, 1.165) is 48.7 Å². The maximum Gasteiger partial charge on any atom is 0.411 e. The van der Waals surface area contributed by atoms with Crippen molar-refractivity contribution in [3.8, 4) is 5.75 Å². The summed E-state index contributed by atoms with van der Waals surface area (Å²) in [6.45, 7) is 11.8. The molecule has 1 spiro atoms. The summed E-state index contributed by atoms with van der Waals surface area (Å²) in [5.74, 6) is 1.34. The van der Waals surface area contributed by atoms with Gasteiger partial charge < -0.3 is 14.4 Å². The number of hydrogen-bond donors (Lipinski definition) is 0. The van der Waals surface area contributed by atoms with Crippen LogP contribution in [0.25, 0.3) is 0 Å². The van der Waals surface area contributed by atoms with Crippen LogP contribution in [0.15, 0.2) is 48.5 Å². The number of likely N-dealkylation sites (tertiary alicyclic amines) is 1. The van der Waals surface area contributed by atoms with E-state index in [0.29, 0.717) is 25.1 Å². The summed E-state index contributed by atoms with van der Waals surface area (Å²) in [5, 5.41) is 0.721. The molecule has 1 unspecified atom stereocenters. The zero-order chi connectivity index (χ0) is 24.3. The van der Waals surface area contributed by atoms with Crippen LogP contribution in [-0.4, -0.2) is 53.3 Å². The fraction of sp³-hybridized carbons (Fsp3) is 0.536. The molecular formula is C28H37ClN2O3. The highest BCUT2D eigenvalue weighted by Crippen LogP contribution is 2.41. The first-order valence-corrected chi connectivity index (χ1v) is 12.8. The summed E-state index contributed by atoms with van der Waals surface area (Å²) in [4.78, 5) is 17.6. The van der Waals surface area contributed by atoms with Crippen LogP contribution >= 0.6 is 11.6 Å².